The van der Waals surface area contributed by atoms with Gasteiger partial charge in [0.1, 0.15) is 5.37 Å². The van der Waals surface area contributed by atoms with E-state index in [0.29, 0.717) is 17.3 Å². The molecular weight excluding hydrogens is 338 g/mol. The predicted molar refractivity (Wildman–Crippen MR) is 97.9 cm³/mol. The first-order valence-electron chi connectivity index (χ1n) is 8.00. The molecule has 0 aromatic heterocycles. The molecule has 25 heavy (non-hydrogen) atoms. The smallest absolute Gasteiger partial charge is 0.233 e. The second-order valence-electron chi connectivity index (χ2n) is 5.75. The molecule has 1 amide bonds. The van der Waals surface area contributed by atoms with Gasteiger partial charge in [0.05, 0.1) is 32.6 Å². The number of aliphatic hydroxyl groups excluding tert-OH is 1. The van der Waals surface area contributed by atoms with Gasteiger partial charge in [-0.1, -0.05) is 36.4 Å². The van der Waals surface area contributed by atoms with Crippen LogP contribution in [0.5, 0.6) is 11.5 Å². The summed E-state index contributed by atoms with van der Waals surface area (Å²) in [5.74, 6) is 1.71. The molecule has 0 bridgehead atoms. The van der Waals surface area contributed by atoms with E-state index >= 15 is 0 Å². The van der Waals surface area contributed by atoms with Gasteiger partial charge in [-0.05, 0) is 23.3 Å². The molecule has 0 radical (unpaired) electrons. The lowest BCUT2D eigenvalue weighted by Crippen LogP contribution is -2.32. The number of ether oxygens (including phenoxy) is 2. The zero-order valence-electron chi connectivity index (χ0n) is 14.2. The summed E-state index contributed by atoms with van der Waals surface area (Å²) in [6, 6.07) is 15.0. The first kappa shape index (κ1) is 17.6. The number of amides is 1. The van der Waals surface area contributed by atoms with Gasteiger partial charge in [0.25, 0.3) is 0 Å². The van der Waals surface area contributed by atoms with Gasteiger partial charge in [-0.25, -0.2) is 0 Å². The van der Waals surface area contributed by atoms with Crippen LogP contribution in [0.2, 0.25) is 0 Å². The van der Waals surface area contributed by atoms with Gasteiger partial charge in [0.2, 0.25) is 5.91 Å². The van der Waals surface area contributed by atoms with Crippen LogP contribution in [0, 0.1) is 0 Å². The Hall–Kier alpha value is -2.18. The minimum Gasteiger partial charge on any atom is -0.493 e. The van der Waals surface area contributed by atoms with E-state index in [2.05, 4.69) is 0 Å². The molecule has 5 nitrogen and oxygen atoms in total. The van der Waals surface area contributed by atoms with Crippen molar-refractivity contribution in [3.05, 3.63) is 59.7 Å². The Morgan fingerprint density at radius 2 is 1.88 bits per heavy atom. The van der Waals surface area contributed by atoms with Gasteiger partial charge in [0, 0.05) is 0 Å². The Labute approximate surface area is 151 Å². The van der Waals surface area contributed by atoms with Crippen LogP contribution in [0.15, 0.2) is 48.5 Å². The molecule has 0 saturated carbocycles. The molecule has 0 spiro atoms. The van der Waals surface area contributed by atoms with Crippen molar-refractivity contribution in [1.29, 1.82) is 0 Å². The third-order valence-corrected chi connectivity index (χ3v) is 5.47. The van der Waals surface area contributed by atoms with Crippen molar-refractivity contribution in [1.82, 2.24) is 4.90 Å². The Morgan fingerprint density at radius 1 is 1.16 bits per heavy atom. The molecule has 1 heterocycles. The minimum absolute atomic E-state index is 0.0276. The SMILES string of the molecule is COc1ccc(C2SCC(=O)N2CC(O)c2ccccc2)cc1OC. The van der Waals surface area contributed by atoms with Gasteiger partial charge in [-0.3, -0.25) is 4.79 Å². The third-order valence-electron chi connectivity index (χ3n) is 4.21. The summed E-state index contributed by atoms with van der Waals surface area (Å²) in [7, 11) is 3.18. The monoisotopic (exact) mass is 359 g/mol. The number of nitrogens with zero attached hydrogens (tertiary/aromatic N) is 1. The van der Waals surface area contributed by atoms with Crippen LogP contribution in [0.25, 0.3) is 0 Å². The second-order valence-corrected chi connectivity index (χ2v) is 6.82. The molecule has 6 heteroatoms. The first-order valence-corrected chi connectivity index (χ1v) is 9.05. The van der Waals surface area contributed by atoms with Crippen molar-refractivity contribution in [2.75, 3.05) is 26.5 Å². The van der Waals surface area contributed by atoms with E-state index in [1.807, 2.05) is 48.5 Å². The van der Waals surface area contributed by atoms with E-state index in [4.69, 9.17) is 9.47 Å². The zero-order chi connectivity index (χ0) is 17.8. The van der Waals surface area contributed by atoms with Crippen molar-refractivity contribution in [2.45, 2.75) is 11.5 Å². The number of β-amino-alcohol motifs (C(OH)–C–C–N with tert-alkyl or cyclic N) is 1. The molecule has 3 rings (SSSR count). The Morgan fingerprint density at radius 3 is 2.56 bits per heavy atom. The van der Waals surface area contributed by atoms with Gasteiger partial charge in [0.15, 0.2) is 11.5 Å². The fourth-order valence-corrected chi connectivity index (χ4v) is 4.09. The lowest BCUT2D eigenvalue weighted by atomic mass is 10.1. The van der Waals surface area contributed by atoms with E-state index in [0.717, 1.165) is 11.1 Å². The number of rotatable bonds is 6. The van der Waals surface area contributed by atoms with Crippen molar-refractivity contribution in [3.8, 4) is 11.5 Å². The molecule has 1 fully saturated rings. The van der Waals surface area contributed by atoms with Crippen LogP contribution in [-0.4, -0.2) is 42.4 Å². The fraction of sp³-hybridized carbons (Fsp3) is 0.316. The van der Waals surface area contributed by atoms with Crippen LogP contribution in [0.3, 0.4) is 0 Å². The summed E-state index contributed by atoms with van der Waals surface area (Å²) in [5.41, 5.74) is 1.76. The quantitative estimate of drug-likeness (QED) is 0.859. The molecular formula is C19H21NO4S. The molecule has 1 N–H and O–H groups in total. The third kappa shape index (κ3) is 3.75. The Bertz CT molecular complexity index is 737. The average molecular weight is 359 g/mol. The average Bonchev–Trinajstić information content (AvgIpc) is 3.02. The molecule has 0 aliphatic carbocycles. The fourth-order valence-electron chi connectivity index (χ4n) is 2.90. The van der Waals surface area contributed by atoms with E-state index in [1.54, 1.807) is 30.9 Å². The highest BCUT2D eigenvalue weighted by Crippen LogP contribution is 2.42. The lowest BCUT2D eigenvalue weighted by molar-refractivity contribution is -0.129. The largest absolute Gasteiger partial charge is 0.493 e. The van der Waals surface area contributed by atoms with Crippen molar-refractivity contribution >= 4 is 17.7 Å². The maximum atomic E-state index is 12.3. The van der Waals surface area contributed by atoms with Crippen LogP contribution in [-0.2, 0) is 4.79 Å². The zero-order valence-corrected chi connectivity index (χ0v) is 15.0. The molecule has 132 valence electrons. The molecule has 1 aliphatic heterocycles. The molecule has 2 aromatic carbocycles. The van der Waals surface area contributed by atoms with Gasteiger partial charge < -0.3 is 19.5 Å². The van der Waals surface area contributed by atoms with Gasteiger partial charge in [-0.15, -0.1) is 11.8 Å². The second kappa shape index (κ2) is 7.80. The van der Waals surface area contributed by atoms with E-state index < -0.39 is 6.10 Å². The van der Waals surface area contributed by atoms with Crippen LogP contribution < -0.4 is 9.47 Å². The number of aliphatic hydroxyl groups is 1. The Kier molecular flexibility index (Phi) is 5.50. The summed E-state index contributed by atoms with van der Waals surface area (Å²) < 4.78 is 10.6. The summed E-state index contributed by atoms with van der Waals surface area (Å²) in [4.78, 5) is 14.1. The maximum Gasteiger partial charge on any atom is 0.233 e. The number of carbonyl (C=O) groups excluding carboxylic acids is 1. The summed E-state index contributed by atoms with van der Waals surface area (Å²) >= 11 is 1.55. The van der Waals surface area contributed by atoms with Crippen LogP contribution >= 0.6 is 11.8 Å². The molecule has 1 aliphatic rings. The maximum absolute atomic E-state index is 12.3. The number of hydrogen-bond donors (Lipinski definition) is 1. The highest BCUT2D eigenvalue weighted by atomic mass is 32.2. The van der Waals surface area contributed by atoms with E-state index in [-0.39, 0.29) is 17.8 Å². The van der Waals surface area contributed by atoms with E-state index in [1.165, 1.54) is 0 Å². The predicted octanol–water partition coefficient (Wildman–Crippen LogP) is 3.01. The summed E-state index contributed by atoms with van der Waals surface area (Å²) in [6.07, 6.45) is -0.716. The minimum atomic E-state index is -0.716. The highest BCUT2D eigenvalue weighted by molar-refractivity contribution is 8.00. The van der Waals surface area contributed by atoms with Crippen molar-refractivity contribution in [3.63, 3.8) is 0 Å². The van der Waals surface area contributed by atoms with Crippen molar-refractivity contribution in [2.24, 2.45) is 0 Å². The molecule has 2 atom stereocenters. The number of benzene rings is 2. The number of hydrogen-bond acceptors (Lipinski definition) is 5. The van der Waals surface area contributed by atoms with Crippen LogP contribution in [0.1, 0.15) is 22.6 Å². The van der Waals surface area contributed by atoms with Crippen LogP contribution in [0.4, 0.5) is 0 Å². The molecule has 1 saturated heterocycles. The molecule has 2 aromatic rings. The first-order chi connectivity index (χ1) is 12.1. The normalized spacial score (nSPS) is 18.3. The number of carbonyl (C=O) groups is 1. The number of thioether (sulfide) groups is 1. The summed E-state index contributed by atoms with van der Waals surface area (Å²) in [5, 5.41) is 10.4. The van der Waals surface area contributed by atoms with Crippen molar-refractivity contribution < 1.29 is 19.4 Å². The molecule has 2 unspecified atom stereocenters. The summed E-state index contributed by atoms with van der Waals surface area (Å²) in [6.45, 7) is 0.259. The highest BCUT2D eigenvalue weighted by Gasteiger charge is 2.34. The number of methoxy groups -OCH3 is 2. The van der Waals surface area contributed by atoms with Gasteiger partial charge in [-0.2, -0.15) is 0 Å². The Balaban J connectivity index is 1.82. The topological polar surface area (TPSA) is 59.0 Å². The van der Waals surface area contributed by atoms with Gasteiger partial charge >= 0.3 is 0 Å². The van der Waals surface area contributed by atoms with E-state index in [9.17, 15) is 9.90 Å². The lowest BCUT2D eigenvalue weighted by Gasteiger charge is -2.27. The standard InChI is InChI=1S/C19H21NO4S/c1-23-16-9-8-14(10-17(16)24-2)19-20(18(22)12-25-19)11-15(21)13-6-4-3-5-7-13/h3-10,15,19,21H,11-12H2,1-2H3.